The van der Waals surface area contributed by atoms with Gasteiger partial charge in [-0.25, -0.2) is 9.78 Å². The normalized spacial score (nSPS) is 22.7. The summed E-state index contributed by atoms with van der Waals surface area (Å²) in [6.07, 6.45) is 10.7. The van der Waals surface area contributed by atoms with Crippen molar-refractivity contribution in [3.63, 3.8) is 0 Å². The Labute approximate surface area is 119 Å². The van der Waals surface area contributed by atoms with E-state index in [-0.39, 0.29) is 6.03 Å². The van der Waals surface area contributed by atoms with Gasteiger partial charge in [-0.15, -0.1) is 0 Å². The molecule has 0 radical (unpaired) electrons. The van der Waals surface area contributed by atoms with E-state index in [1.165, 1.54) is 43.2 Å². The molecule has 1 saturated carbocycles. The molecule has 1 spiro atoms. The first kappa shape index (κ1) is 12.2. The van der Waals surface area contributed by atoms with Gasteiger partial charge in [0.2, 0.25) is 0 Å². The summed E-state index contributed by atoms with van der Waals surface area (Å²) >= 11 is 0. The van der Waals surface area contributed by atoms with Gasteiger partial charge in [-0.1, -0.05) is 12.8 Å². The Hall–Kier alpha value is -1.58. The summed E-state index contributed by atoms with van der Waals surface area (Å²) in [7, 11) is 0. The van der Waals surface area contributed by atoms with Crippen LogP contribution >= 0.6 is 0 Å². The number of pyridine rings is 1. The lowest BCUT2D eigenvalue weighted by molar-refractivity contribution is 0.0429. The predicted molar refractivity (Wildman–Crippen MR) is 77.8 cm³/mol. The van der Waals surface area contributed by atoms with Crippen LogP contribution in [0.5, 0.6) is 0 Å². The Balaban J connectivity index is 1.39. The van der Waals surface area contributed by atoms with Gasteiger partial charge in [0.1, 0.15) is 5.82 Å². The Bertz CT molecular complexity index is 541. The second kappa shape index (κ2) is 4.47. The summed E-state index contributed by atoms with van der Waals surface area (Å²) < 4.78 is 0. The number of anilines is 1. The van der Waals surface area contributed by atoms with E-state index in [0.29, 0.717) is 11.2 Å². The molecule has 4 heteroatoms. The number of carbonyl (C=O) groups excluding carboxylic acids is 1. The zero-order valence-corrected chi connectivity index (χ0v) is 11.8. The molecule has 2 fully saturated rings. The van der Waals surface area contributed by atoms with Crippen molar-refractivity contribution in [2.24, 2.45) is 5.41 Å². The predicted octanol–water partition coefficient (Wildman–Crippen LogP) is 2.98. The molecule has 1 aromatic rings. The number of aryl methyl sites for hydroxylation is 2. The molecule has 1 N–H and O–H groups in total. The third kappa shape index (κ3) is 1.98. The number of hydrogen-bond donors (Lipinski definition) is 1. The van der Waals surface area contributed by atoms with Gasteiger partial charge in [0.05, 0.1) is 0 Å². The molecule has 20 heavy (non-hydrogen) atoms. The Morgan fingerprint density at radius 2 is 1.90 bits per heavy atom. The summed E-state index contributed by atoms with van der Waals surface area (Å²) in [5.41, 5.74) is 3.16. The van der Waals surface area contributed by atoms with Crippen LogP contribution in [0.15, 0.2) is 12.3 Å². The van der Waals surface area contributed by atoms with Gasteiger partial charge in [0.15, 0.2) is 0 Å². The number of rotatable bonds is 1. The summed E-state index contributed by atoms with van der Waals surface area (Å²) in [4.78, 5) is 18.5. The molecular formula is C16H21N3O. The number of nitrogens with one attached hydrogen (secondary N) is 1. The fourth-order valence-electron chi connectivity index (χ4n) is 4.06. The van der Waals surface area contributed by atoms with E-state index in [9.17, 15) is 4.79 Å². The van der Waals surface area contributed by atoms with Crippen LogP contribution in [0.2, 0.25) is 0 Å². The zero-order chi connectivity index (χ0) is 13.6. The van der Waals surface area contributed by atoms with Crippen LogP contribution in [-0.2, 0) is 12.8 Å². The van der Waals surface area contributed by atoms with E-state index < -0.39 is 0 Å². The first-order valence-electron chi connectivity index (χ1n) is 7.78. The summed E-state index contributed by atoms with van der Waals surface area (Å²) in [6, 6.07) is 2.07. The molecule has 0 atom stereocenters. The van der Waals surface area contributed by atoms with Crippen molar-refractivity contribution in [2.75, 3.05) is 18.4 Å². The molecule has 4 nitrogen and oxygen atoms in total. The first-order valence-corrected chi connectivity index (χ1v) is 7.78. The highest BCUT2D eigenvalue weighted by atomic mass is 16.2. The maximum atomic E-state index is 12.2. The molecule has 0 aromatic carbocycles. The third-order valence-corrected chi connectivity index (χ3v) is 5.21. The van der Waals surface area contributed by atoms with Crippen molar-refractivity contribution >= 4 is 11.8 Å². The number of likely N-dealkylation sites (tertiary alicyclic amines) is 1. The minimum atomic E-state index is 0.0213. The Morgan fingerprint density at radius 1 is 1.15 bits per heavy atom. The van der Waals surface area contributed by atoms with Crippen molar-refractivity contribution in [2.45, 2.75) is 44.9 Å². The SMILES string of the molecule is O=C(Nc1cc2c(cn1)CCC2)N1CC2(CCCC2)C1. The summed E-state index contributed by atoms with van der Waals surface area (Å²) in [5, 5.41) is 2.96. The molecule has 1 aliphatic heterocycles. The minimum Gasteiger partial charge on any atom is -0.323 e. The van der Waals surface area contributed by atoms with E-state index in [0.717, 1.165) is 25.9 Å². The van der Waals surface area contributed by atoms with Gasteiger partial charge < -0.3 is 4.90 Å². The second-order valence-electron chi connectivity index (χ2n) is 6.69. The summed E-state index contributed by atoms with van der Waals surface area (Å²) in [6.45, 7) is 1.87. The van der Waals surface area contributed by atoms with Gasteiger partial charge in [-0.2, -0.15) is 0 Å². The maximum Gasteiger partial charge on any atom is 0.323 e. The molecule has 1 aromatic heterocycles. The smallest absolute Gasteiger partial charge is 0.323 e. The van der Waals surface area contributed by atoms with E-state index in [4.69, 9.17) is 0 Å². The minimum absolute atomic E-state index is 0.0213. The molecule has 106 valence electrons. The van der Waals surface area contributed by atoms with Crippen LogP contribution in [0.3, 0.4) is 0 Å². The Kier molecular flexibility index (Phi) is 2.72. The van der Waals surface area contributed by atoms with Crippen LogP contribution in [0.4, 0.5) is 10.6 Å². The number of fused-ring (bicyclic) bond motifs is 1. The molecule has 2 amide bonds. The van der Waals surface area contributed by atoms with Gasteiger partial charge in [0, 0.05) is 24.7 Å². The topological polar surface area (TPSA) is 45.2 Å². The molecule has 4 rings (SSSR count). The molecular weight excluding hydrogens is 250 g/mol. The van der Waals surface area contributed by atoms with Crippen LogP contribution in [0, 0.1) is 5.41 Å². The molecule has 0 bridgehead atoms. The van der Waals surface area contributed by atoms with Gasteiger partial charge >= 0.3 is 6.03 Å². The average Bonchev–Trinajstić information content (AvgIpc) is 3.05. The second-order valence-corrected chi connectivity index (χ2v) is 6.69. The van der Waals surface area contributed by atoms with Gasteiger partial charge in [-0.3, -0.25) is 5.32 Å². The summed E-state index contributed by atoms with van der Waals surface area (Å²) in [5.74, 6) is 0.711. The number of urea groups is 1. The molecule has 1 saturated heterocycles. The standard InChI is InChI=1S/C16H21N3O/c20-15(19-10-16(11-19)6-1-2-7-16)18-14-8-12-4-3-5-13(12)9-17-14/h8-9H,1-7,10-11H2,(H,17,18,20). The molecule has 0 unspecified atom stereocenters. The fraction of sp³-hybridized carbons (Fsp3) is 0.625. The number of aromatic nitrogens is 1. The van der Waals surface area contributed by atoms with E-state index in [1.54, 1.807) is 0 Å². The van der Waals surface area contributed by atoms with Crippen molar-refractivity contribution in [1.82, 2.24) is 9.88 Å². The molecule has 2 heterocycles. The molecule has 3 aliphatic rings. The zero-order valence-electron chi connectivity index (χ0n) is 11.8. The fourth-order valence-corrected chi connectivity index (χ4v) is 4.06. The van der Waals surface area contributed by atoms with E-state index in [1.807, 2.05) is 17.2 Å². The third-order valence-electron chi connectivity index (χ3n) is 5.21. The first-order chi connectivity index (χ1) is 9.74. The van der Waals surface area contributed by atoms with Crippen LogP contribution in [-0.4, -0.2) is 29.0 Å². The highest BCUT2D eigenvalue weighted by Crippen LogP contribution is 2.45. The number of carbonyl (C=O) groups is 1. The van der Waals surface area contributed by atoms with Crippen LogP contribution < -0.4 is 5.32 Å². The lowest BCUT2D eigenvalue weighted by Gasteiger charge is -2.48. The van der Waals surface area contributed by atoms with Crippen LogP contribution in [0.1, 0.15) is 43.2 Å². The van der Waals surface area contributed by atoms with Gasteiger partial charge in [0.25, 0.3) is 0 Å². The monoisotopic (exact) mass is 271 g/mol. The Morgan fingerprint density at radius 3 is 2.70 bits per heavy atom. The largest absolute Gasteiger partial charge is 0.323 e. The highest BCUT2D eigenvalue weighted by molar-refractivity contribution is 5.89. The maximum absolute atomic E-state index is 12.2. The van der Waals surface area contributed by atoms with Crippen molar-refractivity contribution in [3.05, 3.63) is 23.4 Å². The molecule has 2 aliphatic carbocycles. The van der Waals surface area contributed by atoms with Crippen molar-refractivity contribution in [3.8, 4) is 0 Å². The van der Waals surface area contributed by atoms with E-state index in [2.05, 4.69) is 10.3 Å². The lowest BCUT2D eigenvalue weighted by Crippen LogP contribution is -2.58. The lowest BCUT2D eigenvalue weighted by atomic mass is 9.78. The van der Waals surface area contributed by atoms with Crippen molar-refractivity contribution < 1.29 is 4.79 Å². The number of amides is 2. The highest BCUT2D eigenvalue weighted by Gasteiger charge is 2.46. The van der Waals surface area contributed by atoms with Crippen molar-refractivity contribution in [1.29, 1.82) is 0 Å². The quantitative estimate of drug-likeness (QED) is 0.853. The average molecular weight is 271 g/mol. The van der Waals surface area contributed by atoms with Crippen LogP contribution in [0.25, 0.3) is 0 Å². The number of hydrogen-bond acceptors (Lipinski definition) is 2. The van der Waals surface area contributed by atoms with Gasteiger partial charge in [-0.05, 0) is 49.3 Å². The number of nitrogens with zero attached hydrogens (tertiary/aromatic N) is 2. The van der Waals surface area contributed by atoms with E-state index >= 15 is 0 Å².